The summed E-state index contributed by atoms with van der Waals surface area (Å²) in [6, 6.07) is 5.00. The molecule has 2 heterocycles. The molecule has 1 N–H and O–H groups in total. The Morgan fingerprint density at radius 1 is 1.32 bits per heavy atom. The Morgan fingerprint density at radius 2 is 2.16 bits per heavy atom. The van der Waals surface area contributed by atoms with Gasteiger partial charge in [-0.05, 0) is 38.8 Å². The minimum absolute atomic E-state index is 0.114. The van der Waals surface area contributed by atoms with Crippen molar-refractivity contribution in [1.29, 1.82) is 0 Å². The molecule has 2 aromatic heterocycles. The Kier molecular flexibility index (Phi) is 2.84. The van der Waals surface area contributed by atoms with Crippen molar-refractivity contribution in [2.75, 3.05) is 5.32 Å². The van der Waals surface area contributed by atoms with Crippen LogP contribution in [0.15, 0.2) is 33.6 Å². The normalized spacial score (nSPS) is 10.7. The lowest BCUT2D eigenvalue weighted by atomic mass is 10.2. The zero-order chi connectivity index (χ0) is 13.2. The summed E-state index contributed by atoms with van der Waals surface area (Å²) in [6.45, 7) is 0.614. The molecule has 7 nitrogen and oxygen atoms in total. The number of non-ortho nitro benzene ring substituents is 1. The average Bonchev–Trinajstić information content (AvgIpc) is 3.06. The molecule has 0 saturated carbocycles. The van der Waals surface area contributed by atoms with E-state index >= 15 is 0 Å². The van der Waals surface area contributed by atoms with Crippen molar-refractivity contribution in [3.8, 4) is 0 Å². The highest BCUT2D eigenvalue weighted by molar-refractivity contribution is 7.07. The Hall–Kier alpha value is -2.48. The Bertz CT molecular complexity index is 723. The average molecular weight is 276 g/mol. The number of nitrogens with zero attached hydrogens (tertiary/aromatic N) is 3. The summed E-state index contributed by atoms with van der Waals surface area (Å²) in [5.74, 6) is 0. The monoisotopic (exact) mass is 276 g/mol. The number of anilines is 1. The van der Waals surface area contributed by atoms with Gasteiger partial charge in [0.15, 0.2) is 5.52 Å². The van der Waals surface area contributed by atoms with Crippen LogP contribution in [0.5, 0.6) is 0 Å². The van der Waals surface area contributed by atoms with Gasteiger partial charge in [-0.3, -0.25) is 10.1 Å². The van der Waals surface area contributed by atoms with Crippen LogP contribution in [-0.4, -0.2) is 15.2 Å². The van der Waals surface area contributed by atoms with Gasteiger partial charge < -0.3 is 5.32 Å². The van der Waals surface area contributed by atoms with Gasteiger partial charge >= 0.3 is 5.69 Å². The molecule has 1 aromatic carbocycles. The van der Waals surface area contributed by atoms with Gasteiger partial charge in [0.05, 0.1) is 10.6 Å². The largest absolute Gasteiger partial charge is 0.379 e. The van der Waals surface area contributed by atoms with Crippen molar-refractivity contribution in [1.82, 2.24) is 10.3 Å². The molecule has 0 aliphatic rings. The summed E-state index contributed by atoms with van der Waals surface area (Å²) in [5, 5.41) is 25.3. The number of nitro groups is 1. The van der Waals surface area contributed by atoms with Crippen molar-refractivity contribution in [3.05, 3.63) is 44.6 Å². The van der Waals surface area contributed by atoms with Gasteiger partial charge in [-0.2, -0.15) is 11.3 Å². The first-order chi connectivity index (χ1) is 9.25. The van der Waals surface area contributed by atoms with Crippen molar-refractivity contribution in [3.63, 3.8) is 0 Å². The van der Waals surface area contributed by atoms with E-state index in [2.05, 4.69) is 20.3 Å². The van der Waals surface area contributed by atoms with E-state index in [-0.39, 0.29) is 11.2 Å². The molecule has 0 atom stereocenters. The number of fused-ring (bicyclic) bond motifs is 1. The second kappa shape index (κ2) is 4.65. The number of rotatable bonds is 4. The number of aromatic nitrogens is 2. The van der Waals surface area contributed by atoms with Crippen LogP contribution in [0, 0.1) is 10.1 Å². The van der Waals surface area contributed by atoms with E-state index in [1.807, 2.05) is 16.8 Å². The molecule has 96 valence electrons. The van der Waals surface area contributed by atoms with E-state index in [1.165, 1.54) is 6.07 Å². The quantitative estimate of drug-likeness (QED) is 0.581. The number of nitrogens with one attached hydrogen (secondary N) is 1. The molecule has 0 unspecified atom stereocenters. The van der Waals surface area contributed by atoms with Gasteiger partial charge in [0.1, 0.15) is 0 Å². The molecule has 19 heavy (non-hydrogen) atoms. The summed E-state index contributed by atoms with van der Waals surface area (Å²) in [4.78, 5) is 10.3. The highest BCUT2D eigenvalue weighted by Gasteiger charge is 2.19. The zero-order valence-electron chi connectivity index (χ0n) is 9.57. The smallest absolute Gasteiger partial charge is 0.300 e. The van der Waals surface area contributed by atoms with Crippen LogP contribution in [-0.2, 0) is 6.54 Å². The second-order valence-electron chi connectivity index (χ2n) is 3.84. The number of thiophene rings is 1. The number of benzene rings is 1. The number of nitro benzene ring substituents is 1. The van der Waals surface area contributed by atoms with Crippen LogP contribution >= 0.6 is 11.3 Å². The predicted molar refractivity (Wildman–Crippen MR) is 70.1 cm³/mol. The molecule has 0 spiro atoms. The van der Waals surface area contributed by atoms with Gasteiger partial charge in [-0.1, -0.05) is 0 Å². The SMILES string of the molecule is O=[N+]([O-])c1ccc(NCc2ccsc2)c2nonc12. The lowest BCUT2D eigenvalue weighted by Crippen LogP contribution is -1.99. The van der Waals surface area contributed by atoms with Crippen LogP contribution in [0.3, 0.4) is 0 Å². The maximum Gasteiger partial charge on any atom is 0.300 e. The van der Waals surface area contributed by atoms with Crippen LogP contribution in [0.4, 0.5) is 11.4 Å². The summed E-state index contributed by atoms with van der Waals surface area (Å²) in [6.07, 6.45) is 0. The van der Waals surface area contributed by atoms with Gasteiger partial charge in [-0.15, -0.1) is 0 Å². The first-order valence-corrected chi connectivity index (χ1v) is 6.34. The third-order valence-electron chi connectivity index (χ3n) is 2.65. The number of hydrogen-bond acceptors (Lipinski definition) is 7. The third kappa shape index (κ3) is 2.13. The highest BCUT2D eigenvalue weighted by atomic mass is 32.1. The lowest BCUT2D eigenvalue weighted by molar-refractivity contribution is -0.383. The molecule has 0 saturated heterocycles. The minimum Gasteiger partial charge on any atom is -0.379 e. The molecule has 3 rings (SSSR count). The first-order valence-electron chi connectivity index (χ1n) is 5.40. The van der Waals surface area contributed by atoms with Gasteiger partial charge in [0.2, 0.25) is 5.52 Å². The molecule has 0 aliphatic carbocycles. The second-order valence-corrected chi connectivity index (χ2v) is 4.62. The van der Waals surface area contributed by atoms with E-state index in [4.69, 9.17) is 0 Å². The molecule has 0 bridgehead atoms. The fourth-order valence-electron chi connectivity index (χ4n) is 1.73. The van der Waals surface area contributed by atoms with Crippen LogP contribution in [0.25, 0.3) is 11.0 Å². The maximum atomic E-state index is 10.8. The Balaban J connectivity index is 1.94. The summed E-state index contributed by atoms with van der Waals surface area (Å²) in [7, 11) is 0. The van der Waals surface area contributed by atoms with Crippen molar-refractivity contribution >= 4 is 33.7 Å². The van der Waals surface area contributed by atoms with Gasteiger partial charge in [0.25, 0.3) is 0 Å². The molecule has 8 heteroatoms. The minimum atomic E-state index is -0.505. The summed E-state index contributed by atoms with van der Waals surface area (Å²) in [5.41, 5.74) is 2.20. The van der Waals surface area contributed by atoms with Crippen LogP contribution in [0.1, 0.15) is 5.56 Å². The zero-order valence-corrected chi connectivity index (χ0v) is 10.4. The van der Waals surface area contributed by atoms with Crippen LogP contribution < -0.4 is 5.32 Å². The predicted octanol–water partition coefficient (Wildman–Crippen LogP) is 2.80. The fraction of sp³-hybridized carbons (Fsp3) is 0.0909. The van der Waals surface area contributed by atoms with E-state index < -0.39 is 4.92 Å². The van der Waals surface area contributed by atoms with Crippen molar-refractivity contribution < 1.29 is 9.55 Å². The van der Waals surface area contributed by atoms with E-state index in [0.717, 1.165) is 5.56 Å². The third-order valence-corrected chi connectivity index (χ3v) is 3.39. The molecular formula is C11H8N4O3S. The highest BCUT2D eigenvalue weighted by Crippen LogP contribution is 2.28. The van der Waals surface area contributed by atoms with Crippen LogP contribution in [0.2, 0.25) is 0 Å². The summed E-state index contributed by atoms with van der Waals surface area (Å²) >= 11 is 1.61. The Morgan fingerprint density at radius 3 is 2.89 bits per heavy atom. The lowest BCUT2D eigenvalue weighted by Gasteiger charge is -2.04. The summed E-state index contributed by atoms with van der Waals surface area (Å²) < 4.78 is 4.59. The van der Waals surface area contributed by atoms with E-state index in [9.17, 15) is 10.1 Å². The topological polar surface area (TPSA) is 94.1 Å². The maximum absolute atomic E-state index is 10.8. The molecule has 0 aliphatic heterocycles. The first kappa shape index (κ1) is 11.6. The number of hydrogen-bond donors (Lipinski definition) is 1. The molecule has 0 fully saturated rings. The van der Waals surface area contributed by atoms with Gasteiger partial charge in [-0.25, -0.2) is 4.63 Å². The van der Waals surface area contributed by atoms with E-state index in [1.54, 1.807) is 17.4 Å². The van der Waals surface area contributed by atoms with Crippen molar-refractivity contribution in [2.45, 2.75) is 6.54 Å². The van der Waals surface area contributed by atoms with E-state index in [0.29, 0.717) is 17.7 Å². The van der Waals surface area contributed by atoms with Gasteiger partial charge in [0, 0.05) is 12.6 Å². The Labute approximate surface area is 111 Å². The molecule has 3 aromatic rings. The van der Waals surface area contributed by atoms with Crippen molar-refractivity contribution in [2.24, 2.45) is 0 Å². The molecule has 0 amide bonds. The molecular weight excluding hydrogens is 268 g/mol. The fourth-order valence-corrected chi connectivity index (χ4v) is 2.40. The standard InChI is InChI=1S/C11H8N4O3S/c16-15(17)9-2-1-8(10-11(9)14-18-13-10)12-5-7-3-4-19-6-7/h1-4,6,12H,5H2. The molecule has 0 radical (unpaired) electrons.